The molecule has 3 N–H and O–H groups in total. The van der Waals surface area contributed by atoms with E-state index in [-0.39, 0.29) is 12.0 Å². The van der Waals surface area contributed by atoms with Gasteiger partial charge in [0.15, 0.2) is 0 Å². The normalized spacial score (nSPS) is 14.1. The summed E-state index contributed by atoms with van der Waals surface area (Å²) in [6.45, 7) is 0. The zero-order valence-electron chi connectivity index (χ0n) is 10.6. The van der Waals surface area contributed by atoms with E-state index in [0.717, 1.165) is 17.7 Å². The van der Waals surface area contributed by atoms with E-state index in [2.05, 4.69) is 15.9 Å². The molecule has 2 nitrogen and oxygen atoms in total. The average molecular weight is 342 g/mol. The Morgan fingerprint density at radius 3 is 2.20 bits per heavy atom. The Balaban J connectivity index is 2.21. The van der Waals surface area contributed by atoms with Gasteiger partial charge in [0.05, 0.1) is 12.1 Å². The van der Waals surface area contributed by atoms with Crippen LogP contribution in [0.5, 0.6) is 0 Å². The first kappa shape index (κ1) is 15.1. The molecule has 0 aromatic heterocycles. The average Bonchev–Trinajstić information content (AvgIpc) is 2.38. The van der Waals surface area contributed by atoms with Crippen molar-refractivity contribution in [2.75, 3.05) is 0 Å². The molecule has 0 spiro atoms. The molecule has 106 valence electrons. The van der Waals surface area contributed by atoms with Gasteiger partial charge in [0.2, 0.25) is 0 Å². The van der Waals surface area contributed by atoms with Crippen molar-refractivity contribution in [2.45, 2.75) is 18.6 Å². The largest absolute Gasteiger partial charge is 0.391 e. The molecule has 2 rings (SSSR count). The molecule has 20 heavy (non-hydrogen) atoms. The number of nitrogens with two attached hydrogens (primary N) is 1. The lowest BCUT2D eigenvalue weighted by molar-refractivity contribution is 0.141. The van der Waals surface area contributed by atoms with Crippen LogP contribution in [0.2, 0.25) is 0 Å². The number of aliphatic hydroxyl groups is 1. The molecule has 0 unspecified atom stereocenters. The van der Waals surface area contributed by atoms with Crippen molar-refractivity contribution in [3.8, 4) is 0 Å². The van der Waals surface area contributed by atoms with Gasteiger partial charge in [-0.2, -0.15) is 0 Å². The highest BCUT2D eigenvalue weighted by Crippen LogP contribution is 2.26. The van der Waals surface area contributed by atoms with Gasteiger partial charge in [0.25, 0.3) is 0 Å². The van der Waals surface area contributed by atoms with Crippen LogP contribution in [0, 0.1) is 11.6 Å². The lowest BCUT2D eigenvalue weighted by Crippen LogP contribution is -2.29. The van der Waals surface area contributed by atoms with Crippen LogP contribution >= 0.6 is 15.9 Å². The summed E-state index contributed by atoms with van der Waals surface area (Å²) in [5, 5.41) is 10.1. The van der Waals surface area contributed by atoms with Crippen LogP contribution in [0.3, 0.4) is 0 Å². The molecule has 0 saturated carbocycles. The summed E-state index contributed by atoms with van der Waals surface area (Å²) in [4.78, 5) is 0. The minimum Gasteiger partial charge on any atom is -0.391 e. The fourth-order valence-electron chi connectivity index (χ4n) is 2.05. The van der Waals surface area contributed by atoms with E-state index in [1.165, 1.54) is 0 Å². The number of halogens is 3. The fourth-order valence-corrected chi connectivity index (χ4v) is 2.45. The maximum atomic E-state index is 13.8. The van der Waals surface area contributed by atoms with Gasteiger partial charge in [-0.3, -0.25) is 0 Å². The highest BCUT2D eigenvalue weighted by atomic mass is 79.9. The molecule has 2 aromatic rings. The van der Waals surface area contributed by atoms with Crippen molar-refractivity contribution in [3.63, 3.8) is 0 Å². The van der Waals surface area contributed by atoms with E-state index < -0.39 is 23.8 Å². The van der Waals surface area contributed by atoms with Crippen molar-refractivity contribution in [1.29, 1.82) is 0 Å². The maximum absolute atomic E-state index is 13.8. The first-order valence-corrected chi connectivity index (χ1v) is 6.90. The summed E-state index contributed by atoms with van der Waals surface area (Å²) >= 11 is 3.00. The third-order valence-electron chi connectivity index (χ3n) is 3.08. The van der Waals surface area contributed by atoms with Crippen LogP contribution in [0.1, 0.15) is 17.2 Å². The molecule has 0 bridgehead atoms. The van der Waals surface area contributed by atoms with Gasteiger partial charge in [0, 0.05) is 16.5 Å². The van der Waals surface area contributed by atoms with Gasteiger partial charge in [-0.05, 0) is 17.7 Å². The highest BCUT2D eigenvalue weighted by molar-refractivity contribution is 9.10. The number of hydrogen-bond donors (Lipinski definition) is 2. The number of aliphatic hydroxyl groups excluding tert-OH is 1. The second-order valence-corrected chi connectivity index (χ2v) is 5.48. The van der Waals surface area contributed by atoms with Gasteiger partial charge < -0.3 is 10.8 Å². The maximum Gasteiger partial charge on any atom is 0.132 e. The molecule has 0 heterocycles. The second kappa shape index (κ2) is 6.43. The Bertz CT molecular complexity index is 569. The van der Waals surface area contributed by atoms with Crippen LogP contribution in [0.15, 0.2) is 46.9 Å². The standard InChI is InChI=1S/C15H14BrF2NO/c16-10-7-11(17)14(12(18)8-10)15(19)13(20)6-9-4-2-1-3-5-9/h1-5,7-8,13,15,20H,6,19H2/t13-,15-/m1/s1. The molecular weight excluding hydrogens is 328 g/mol. The second-order valence-electron chi connectivity index (χ2n) is 4.57. The van der Waals surface area contributed by atoms with Crippen LogP contribution < -0.4 is 5.73 Å². The number of benzene rings is 2. The van der Waals surface area contributed by atoms with Crippen LogP contribution in [-0.2, 0) is 6.42 Å². The quantitative estimate of drug-likeness (QED) is 0.895. The van der Waals surface area contributed by atoms with E-state index in [4.69, 9.17) is 5.73 Å². The van der Waals surface area contributed by atoms with Crippen molar-refractivity contribution >= 4 is 15.9 Å². The highest BCUT2D eigenvalue weighted by Gasteiger charge is 2.24. The van der Waals surface area contributed by atoms with Crippen molar-refractivity contribution < 1.29 is 13.9 Å². The Morgan fingerprint density at radius 1 is 1.10 bits per heavy atom. The molecule has 0 radical (unpaired) electrons. The summed E-state index contributed by atoms with van der Waals surface area (Å²) < 4.78 is 27.9. The molecule has 0 amide bonds. The van der Waals surface area contributed by atoms with Crippen molar-refractivity contribution in [1.82, 2.24) is 0 Å². The van der Waals surface area contributed by atoms with Gasteiger partial charge in [-0.15, -0.1) is 0 Å². The van der Waals surface area contributed by atoms with E-state index in [9.17, 15) is 13.9 Å². The van der Waals surface area contributed by atoms with Crippen LogP contribution in [-0.4, -0.2) is 11.2 Å². The molecule has 0 saturated heterocycles. The Hall–Kier alpha value is -1.30. The van der Waals surface area contributed by atoms with Crippen LogP contribution in [0.25, 0.3) is 0 Å². The summed E-state index contributed by atoms with van der Waals surface area (Å²) in [7, 11) is 0. The lowest BCUT2D eigenvalue weighted by Gasteiger charge is -2.20. The molecule has 0 aliphatic heterocycles. The zero-order valence-corrected chi connectivity index (χ0v) is 12.1. The topological polar surface area (TPSA) is 46.2 Å². The summed E-state index contributed by atoms with van der Waals surface area (Å²) in [6, 6.07) is 10.3. The summed E-state index contributed by atoms with van der Waals surface area (Å²) in [5.74, 6) is -1.53. The van der Waals surface area contributed by atoms with Crippen molar-refractivity contribution in [2.24, 2.45) is 5.73 Å². The molecule has 0 aliphatic rings. The number of hydrogen-bond acceptors (Lipinski definition) is 2. The summed E-state index contributed by atoms with van der Waals surface area (Å²) in [6.07, 6.45) is -0.834. The van der Waals surface area contributed by atoms with Gasteiger partial charge in [0.1, 0.15) is 11.6 Å². The summed E-state index contributed by atoms with van der Waals surface area (Å²) in [5.41, 5.74) is 6.35. The predicted octanol–water partition coefficient (Wildman–Crippen LogP) is 3.33. The molecular formula is C15H14BrF2NO. The Morgan fingerprint density at radius 2 is 1.65 bits per heavy atom. The van der Waals surface area contributed by atoms with E-state index in [0.29, 0.717) is 4.47 Å². The smallest absolute Gasteiger partial charge is 0.132 e. The monoisotopic (exact) mass is 341 g/mol. The Labute approximate surface area is 124 Å². The zero-order chi connectivity index (χ0) is 14.7. The van der Waals surface area contributed by atoms with Gasteiger partial charge in [-0.1, -0.05) is 46.3 Å². The van der Waals surface area contributed by atoms with Gasteiger partial charge in [-0.25, -0.2) is 8.78 Å². The first-order chi connectivity index (χ1) is 9.49. The molecule has 5 heteroatoms. The van der Waals surface area contributed by atoms with Crippen LogP contribution in [0.4, 0.5) is 8.78 Å². The van der Waals surface area contributed by atoms with E-state index >= 15 is 0 Å². The van der Waals surface area contributed by atoms with E-state index in [1.54, 1.807) is 0 Å². The Kier molecular flexibility index (Phi) is 4.86. The first-order valence-electron chi connectivity index (χ1n) is 6.11. The number of rotatable bonds is 4. The van der Waals surface area contributed by atoms with E-state index in [1.807, 2.05) is 30.3 Å². The van der Waals surface area contributed by atoms with Gasteiger partial charge >= 0.3 is 0 Å². The lowest BCUT2D eigenvalue weighted by atomic mass is 9.96. The minimum atomic E-state index is -1.12. The third kappa shape index (κ3) is 3.42. The molecule has 2 aromatic carbocycles. The third-order valence-corrected chi connectivity index (χ3v) is 3.54. The fraction of sp³-hybridized carbons (Fsp3) is 0.200. The molecule has 2 atom stereocenters. The molecule has 0 aliphatic carbocycles. The SMILES string of the molecule is N[C@@H](c1c(F)cc(Br)cc1F)[C@H](O)Cc1ccccc1. The predicted molar refractivity (Wildman–Crippen MR) is 77.1 cm³/mol. The van der Waals surface area contributed by atoms with Crippen molar-refractivity contribution in [3.05, 3.63) is 69.7 Å². The minimum absolute atomic E-state index is 0.233. The molecule has 0 fully saturated rings.